The van der Waals surface area contributed by atoms with Crippen LogP contribution in [0.3, 0.4) is 0 Å². The van der Waals surface area contributed by atoms with Crippen LogP contribution >= 0.6 is 0 Å². The molecule has 11 heavy (non-hydrogen) atoms. The van der Waals surface area contributed by atoms with Crippen molar-refractivity contribution in [2.45, 2.75) is 18.7 Å². The van der Waals surface area contributed by atoms with Crippen LogP contribution in [0.15, 0.2) is 12.2 Å². The molecule has 0 aliphatic carbocycles. The molecule has 1 unspecified atom stereocenters. The van der Waals surface area contributed by atoms with Gasteiger partial charge >= 0.3 is 12.1 Å². The number of cyclic esters (lactones) is 1. The van der Waals surface area contributed by atoms with Crippen LogP contribution in [0.4, 0.5) is 13.2 Å². The highest BCUT2D eigenvalue weighted by atomic mass is 19.4. The predicted octanol–water partition coefficient (Wildman–Crippen LogP) is 1.42. The van der Waals surface area contributed by atoms with Crippen molar-refractivity contribution in [3.63, 3.8) is 0 Å². The van der Waals surface area contributed by atoms with Crippen molar-refractivity contribution in [3.05, 3.63) is 12.2 Å². The Balaban J connectivity index is 2.42. The fraction of sp³-hybridized carbons (Fsp3) is 0.500. The molecule has 5 heteroatoms. The maximum Gasteiger partial charge on any atom is 0.392 e. The van der Waals surface area contributed by atoms with Crippen LogP contribution in [0.5, 0.6) is 0 Å². The molecule has 1 heterocycles. The summed E-state index contributed by atoms with van der Waals surface area (Å²) in [5, 5.41) is 0. The molecule has 0 amide bonds. The van der Waals surface area contributed by atoms with Crippen LogP contribution in [0.1, 0.15) is 6.42 Å². The summed E-state index contributed by atoms with van der Waals surface area (Å²) >= 11 is 0. The summed E-state index contributed by atoms with van der Waals surface area (Å²) in [5.74, 6) is -0.709. The van der Waals surface area contributed by atoms with Gasteiger partial charge in [0.1, 0.15) is 6.10 Å². The molecule has 0 N–H and O–H groups in total. The van der Waals surface area contributed by atoms with Crippen LogP contribution < -0.4 is 0 Å². The molecule has 0 fully saturated rings. The van der Waals surface area contributed by atoms with Crippen molar-refractivity contribution in [1.29, 1.82) is 0 Å². The van der Waals surface area contributed by atoms with Gasteiger partial charge in [-0.1, -0.05) is 0 Å². The van der Waals surface area contributed by atoms with E-state index < -0.39 is 24.7 Å². The fourth-order valence-corrected chi connectivity index (χ4v) is 0.751. The Hall–Kier alpha value is -1.00. The lowest BCUT2D eigenvalue weighted by molar-refractivity contribution is -0.161. The van der Waals surface area contributed by atoms with Crippen LogP contribution in [-0.4, -0.2) is 18.2 Å². The normalized spacial score (nSPS) is 23.9. The largest absolute Gasteiger partial charge is 0.455 e. The number of halogens is 3. The van der Waals surface area contributed by atoms with Crippen molar-refractivity contribution < 1.29 is 22.7 Å². The Morgan fingerprint density at radius 2 is 2.18 bits per heavy atom. The Bertz CT molecular complexity index is 194. The molecule has 0 saturated carbocycles. The lowest BCUT2D eigenvalue weighted by Gasteiger charge is -2.10. The van der Waals surface area contributed by atoms with Gasteiger partial charge in [-0.25, -0.2) is 4.79 Å². The van der Waals surface area contributed by atoms with Gasteiger partial charge in [0.15, 0.2) is 0 Å². The molecule has 62 valence electrons. The standard InChI is InChI=1S/C6H5F3O2/c7-6(8,9)3-4-1-2-5(10)11-4/h1-2,4H,3H2. The molecule has 0 aromatic carbocycles. The molecule has 0 bridgehead atoms. The van der Waals surface area contributed by atoms with Crippen molar-refractivity contribution in [2.24, 2.45) is 0 Å². The minimum atomic E-state index is -4.28. The van der Waals surface area contributed by atoms with E-state index in [9.17, 15) is 18.0 Å². The van der Waals surface area contributed by atoms with Gasteiger partial charge < -0.3 is 4.74 Å². The van der Waals surface area contributed by atoms with E-state index in [-0.39, 0.29) is 0 Å². The average Bonchev–Trinajstić information content (AvgIpc) is 2.10. The maximum atomic E-state index is 11.6. The summed E-state index contributed by atoms with van der Waals surface area (Å²) in [7, 11) is 0. The number of alkyl halides is 3. The Labute approximate surface area is 60.6 Å². The van der Waals surface area contributed by atoms with E-state index in [0.717, 1.165) is 12.2 Å². The van der Waals surface area contributed by atoms with E-state index >= 15 is 0 Å². The molecule has 0 saturated heterocycles. The smallest absolute Gasteiger partial charge is 0.392 e. The van der Waals surface area contributed by atoms with E-state index in [1.165, 1.54) is 0 Å². The van der Waals surface area contributed by atoms with E-state index in [1.807, 2.05) is 0 Å². The third-order valence-electron chi connectivity index (χ3n) is 1.15. The molecule has 1 rings (SSSR count). The van der Waals surface area contributed by atoms with Crippen LogP contribution in [-0.2, 0) is 9.53 Å². The van der Waals surface area contributed by atoms with Gasteiger partial charge in [-0.2, -0.15) is 13.2 Å². The SMILES string of the molecule is O=C1C=CC(CC(F)(F)F)O1. The molecular weight excluding hydrogens is 161 g/mol. The third-order valence-corrected chi connectivity index (χ3v) is 1.15. The number of esters is 1. The van der Waals surface area contributed by atoms with Crippen molar-refractivity contribution in [3.8, 4) is 0 Å². The molecule has 0 radical (unpaired) electrons. The fourth-order valence-electron chi connectivity index (χ4n) is 0.751. The second kappa shape index (κ2) is 2.56. The zero-order valence-electron chi connectivity index (χ0n) is 5.39. The van der Waals surface area contributed by atoms with E-state index in [2.05, 4.69) is 4.74 Å². The van der Waals surface area contributed by atoms with Gasteiger partial charge in [-0.3, -0.25) is 0 Å². The summed E-state index contributed by atoms with van der Waals surface area (Å²) in [5.41, 5.74) is 0. The molecule has 1 aliphatic rings. The number of carbonyl (C=O) groups is 1. The van der Waals surface area contributed by atoms with Crippen molar-refractivity contribution in [2.75, 3.05) is 0 Å². The quantitative estimate of drug-likeness (QED) is 0.550. The van der Waals surface area contributed by atoms with Crippen LogP contribution in [0.25, 0.3) is 0 Å². The first-order valence-electron chi connectivity index (χ1n) is 2.93. The van der Waals surface area contributed by atoms with Gasteiger partial charge in [0.25, 0.3) is 0 Å². The molecule has 1 atom stereocenters. The summed E-state index contributed by atoms with van der Waals surface area (Å²) < 4.78 is 39.1. The van der Waals surface area contributed by atoms with E-state index in [4.69, 9.17) is 0 Å². The second-order valence-electron chi connectivity index (χ2n) is 2.15. The summed E-state index contributed by atoms with van der Waals surface area (Å²) in [6.07, 6.45) is -4.40. The monoisotopic (exact) mass is 166 g/mol. The van der Waals surface area contributed by atoms with Crippen molar-refractivity contribution >= 4 is 5.97 Å². The molecular formula is C6H5F3O2. The Morgan fingerprint density at radius 1 is 1.55 bits per heavy atom. The molecule has 2 nitrogen and oxygen atoms in total. The van der Waals surface area contributed by atoms with E-state index in [1.54, 1.807) is 0 Å². The van der Waals surface area contributed by atoms with Gasteiger partial charge in [0.05, 0.1) is 6.42 Å². The minimum absolute atomic E-state index is 0.709. The number of carbonyl (C=O) groups excluding carboxylic acids is 1. The third kappa shape index (κ3) is 2.61. The lowest BCUT2D eigenvalue weighted by atomic mass is 10.2. The van der Waals surface area contributed by atoms with Gasteiger partial charge in [0.2, 0.25) is 0 Å². The highest BCUT2D eigenvalue weighted by Crippen LogP contribution is 2.25. The van der Waals surface area contributed by atoms with Crippen LogP contribution in [0.2, 0.25) is 0 Å². The first kappa shape index (κ1) is 8.10. The highest BCUT2D eigenvalue weighted by molar-refractivity contribution is 5.84. The molecule has 0 spiro atoms. The Kier molecular flexibility index (Phi) is 1.89. The molecule has 0 aromatic heterocycles. The van der Waals surface area contributed by atoms with Crippen LogP contribution in [0, 0.1) is 0 Å². The number of hydrogen-bond acceptors (Lipinski definition) is 2. The average molecular weight is 166 g/mol. The summed E-state index contributed by atoms with van der Waals surface area (Å²) in [4.78, 5) is 10.3. The predicted molar refractivity (Wildman–Crippen MR) is 29.7 cm³/mol. The summed E-state index contributed by atoms with van der Waals surface area (Å²) in [6.45, 7) is 0. The molecule has 1 aliphatic heterocycles. The Morgan fingerprint density at radius 3 is 2.55 bits per heavy atom. The maximum absolute atomic E-state index is 11.6. The number of hydrogen-bond donors (Lipinski definition) is 0. The number of rotatable bonds is 1. The molecule has 0 aromatic rings. The highest BCUT2D eigenvalue weighted by Gasteiger charge is 2.34. The first-order chi connectivity index (χ1) is 4.97. The second-order valence-corrected chi connectivity index (χ2v) is 2.15. The van der Waals surface area contributed by atoms with Gasteiger partial charge in [0, 0.05) is 6.08 Å². The topological polar surface area (TPSA) is 26.3 Å². The summed E-state index contributed by atoms with van der Waals surface area (Å²) in [6, 6.07) is 0. The number of ether oxygens (including phenoxy) is 1. The first-order valence-corrected chi connectivity index (χ1v) is 2.93. The van der Waals surface area contributed by atoms with Gasteiger partial charge in [-0.05, 0) is 6.08 Å². The minimum Gasteiger partial charge on any atom is -0.455 e. The zero-order valence-corrected chi connectivity index (χ0v) is 5.39. The van der Waals surface area contributed by atoms with E-state index in [0.29, 0.717) is 0 Å². The van der Waals surface area contributed by atoms with Crippen molar-refractivity contribution in [1.82, 2.24) is 0 Å². The zero-order chi connectivity index (χ0) is 8.48. The van der Waals surface area contributed by atoms with Gasteiger partial charge in [-0.15, -0.1) is 0 Å². The lowest BCUT2D eigenvalue weighted by Crippen LogP contribution is -2.19.